The first-order chi connectivity index (χ1) is 7.68. The Morgan fingerprint density at radius 1 is 1.50 bits per heavy atom. The Bertz CT molecular complexity index is 295. The van der Waals surface area contributed by atoms with Crippen LogP contribution in [0.25, 0.3) is 0 Å². The van der Waals surface area contributed by atoms with Crippen LogP contribution in [-0.2, 0) is 11.3 Å². The molecule has 5 nitrogen and oxygen atoms in total. The van der Waals surface area contributed by atoms with Gasteiger partial charge in [0.25, 0.3) is 0 Å². The average Bonchev–Trinajstić information content (AvgIpc) is 2.68. The number of aryl methyl sites for hydroxylation is 1. The summed E-state index contributed by atoms with van der Waals surface area (Å²) >= 11 is 0. The number of nitrogens with zero attached hydrogens (tertiary/aromatic N) is 2. The van der Waals surface area contributed by atoms with Crippen molar-refractivity contribution in [3.05, 3.63) is 18.5 Å². The summed E-state index contributed by atoms with van der Waals surface area (Å²) in [5.74, 6) is 0.0501. The number of amides is 1. The smallest absolute Gasteiger partial charge is 0.234 e. The van der Waals surface area contributed by atoms with Gasteiger partial charge >= 0.3 is 0 Å². The van der Waals surface area contributed by atoms with Gasteiger partial charge in [0, 0.05) is 25.0 Å². The third-order valence-electron chi connectivity index (χ3n) is 2.04. The zero-order valence-electron chi connectivity index (χ0n) is 9.94. The van der Waals surface area contributed by atoms with Crippen LogP contribution in [0.1, 0.15) is 20.3 Å². The first-order valence-electron chi connectivity index (χ1n) is 5.66. The summed E-state index contributed by atoms with van der Waals surface area (Å²) in [6.45, 7) is 6.00. The maximum atomic E-state index is 11.3. The second kappa shape index (κ2) is 7.00. The Labute approximate surface area is 96.2 Å². The second-order valence-corrected chi connectivity index (χ2v) is 4.02. The SMILES string of the molecule is CC(C)NC(=O)CNCCCn1cccn1. The van der Waals surface area contributed by atoms with Gasteiger partial charge < -0.3 is 10.6 Å². The molecule has 1 rings (SSSR count). The molecular weight excluding hydrogens is 204 g/mol. The Balaban J connectivity index is 1.98. The Morgan fingerprint density at radius 2 is 2.31 bits per heavy atom. The topological polar surface area (TPSA) is 59.0 Å². The van der Waals surface area contributed by atoms with Gasteiger partial charge in [0.2, 0.25) is 5.91 Å². The van der Waals surface area contributed by atoms with Gasteiger partial charge in [-0.3, -0.25) is 9.48 Å². The molecule has 5 heteroatoms. The van der Waals surface area contributed by atoms with Gasteiger partial charge in [-0.25, -0.2) is 0 Å². The summed E-state index contributed by atoms with van der Waals surface area (Å²) in [6.07, 6.45) is 4.67. The van der Waals surface area contributed by atoms with E-state index in [2.05, 4.69) is 15.7 Å². The van der Waals surface area contributed by atoms with E-state index in [4.69, 9.17) is 0 Å². The van der Waals surface area contributed by atoms with Crippen molar-refractivity contribution in [1.29, 1.82) is 0 Å². The Morgan fingerprint density at radius 3 is 2.94 bits per heavy atom. The van der Waals surface area contributed by atoms with E-state index in [1.807, 2.05) is 30.8 Å². The third kappa shape index (κ3) is 5.50. The summed E-state index contributed by atoms with van der Waals surface area (Å²) in [5, 5.41) is 10.0. The number of carbonyl (C=O) groups excluding carboxylic acids is 1. The molecule has 0 aliphatic heterocycles. The van der Waals surface area contributed by atoms with Crippen LogP contribution < -0.4 is 10.6 Å². The van der Waals surface area contributed by atoms with Crippen LogP contribution in [0.2, 0.25) is 0 Å². The molecule has 2 N–H and O–H groups in total. The molecule has 0 bridgehead atoms. The standard InChI is InChI=1S/C11H20N4O/c1-10(2)14-11(16)9-12-5-3-7-15-8-4-6-13-15/h4,6,8,10,12H,3,5,7,9H2,1-2H3,(H,14,16). The molecule has 0 aliphatic carbocycles. The van der Waals surface area contributed by atoms with Gasteiger partial charge in [0.05, 0.1) is 6.54 Å². The van der Waals surface area contributed by atoms with Gasteiger partial charge in [0.1, 0.15) is 0 Å². The van der Waals surface area contributed by atoms with Crippen LogP contribution in [0, 0.1) is 0 Å². The van der Waals surface area contributed by atoms with E-state index in [1.165, 1.54) is 0 Å². The molecule has 16 heavy (non-hydrogen) atoms. The lowest BCUT2D eigenvalue weighted by molar-refractivity contribution is -0.120. The highest BCUT2D eigenvalue weighted by Crippen LogP contribution is 1.87. The molecule has 1 heterocycles. The van der Waals surface area contributed by atoms with E-state index in [0.29, 0.717) is 6.54 Å². The van der Waals surface area contributed by atoms with Crippen molar-refractivity contribution in [1.82, 2.24) is 20.4 Å². The predicted molar refractivity (Wildman–Crippen MR) is 63.0 cm³/mol. The molecule has 0 radical (unpaired) electrons. The van der Waals surface area contributed by atoms with E-state index >= 15 is 0 Å². The quantitative estimate of drug-likeness (QED) is 0.659. The zero-order chi connectivity index (χ0) is 11.8. The Hall–Kier alpha value is -1.36. The van der Waals surface area contributed by atoms with E-state index in [1.54, 1.807) is 6.20 Å². The minimum Gasteiger partial charge on any atom is -0.353 e. The Kier molecular flexibility index (Phi) is 5.56. The summed E-state index contributed by atoms with van der Waals surface area (Å²) in [5.41, 5.74) is 0. The van der Waals surface area contributed by atoms with Crippen molar-refractivity contribution in [2.75, 3.05) is 13.1 Å². The molecule has 0 aromatic carbocycles. The van der Waals surface area contributed by atoms with Crippen LogP contribution >= 0.6 is 0 Å². The van der Waals surface area contributed by atoms with E-state index < -0.39 is 0 Å². The highest BCUT2D eigenvalue weighted by Gasteiger charge is 2.01. The van der Waals surface area contributed by atoms with Gasteiger partial charge in [-0.1, -0.05) is 0 Å². The van der Waals surface area contributed by atoms with Crippen molar-refractivity contribution in [3.8, 4) is 0 Å². The van der Waals surface area contributed by atoms with Gasteiger partial charge in [-0.2, -0.15) is 5.10 Å². The monoisotopic (exact) mass is 224 g/mol. The van der Waals surface area contributed by atoms with Gasteiger partial charge in [0.15, 0.2) is 0 Å². The number of aromatic nitrogens is 2. The van der Waals surface area contributed by atoms with Crippen molar-refractivity contribution in [3.63, 3.8) is 0 Å². The summed E-state index contributed by atoms with van der Waals surface area (Å²) < 4.78 is 1.88. The fourth-order valence-corrected chi connectivity index (χ4v) is 1.37. The minimum absolute atomic E-state index is 0.0501. The molecule has 0 saturated heterocycles. The van der Waals surface area contributed by atoms with E-state index in [-0.39, 0.29) is 11.9 Å². The molecule has 1 aromatic heterocycles. The summed E-state index contributed by atoms with van der Waals surface area (Å²) in [6, 6.07) is 2.11. The summed E-state index contributed by atoms with van der Waals surface area (Å²) in [4.78, 5) is 11.3. The van der Waals surface area contributed by atoms with Crippen LogP contribution in [0.3, 0.4) is 0 Å². The predicted octanol–water partition coefficient (Wildman–Crippen LogP) is 0.387. The lowest BCUT2D eigenvalue weighted by Gasteiger charge is -2.09. The molecule has 0 spiro atoms. The molecule has 1 aromatic rings. The van der Waals surface area contributed by atoms with E-state index in [0.717, 1.165) is 19.5 Å². The first-order valence-corrected chi connectivity index (χ1v) is 5.66. The number of hydrogen-bond acceptors (Lipinski definition) is 3. The molecule has 0 saturated carbocycles. The van der Waals surface area contributed by atoms with Crippen LogP contribution in [0.4, 0.5) is 0 Å². The number of carbonyl (C=O) groups is 1. The van der Waals surface area contributed by atoms with Crippen LogP contribution in [-0.4, -0.2) is 34.8 Å². The van der Waals surface area contributed by atoms with E-state index in [9.17, 15) is 4.79 Å². The molecule has 0 unspecified atom stereocenters. The molecule has 0 aliphatic rings. The van der Waals surface area contributed by atoms with Crippen LogP contribution in [0.5, 0.6) is 0 Å². The largest absolute Gasteiger partial charge is 0.353 e. The van der Waals surface area contributed by atoms with Gasteiger partial charge in [-0.05, 0) is 32.9 Å². The van der Waals surface area contributed by atoms with Crippen molar-refractivity contribution in [2.24, 2.45) is 0 Å². The zero-order valence-corrected chi connectivity index (χ0v) is 9.94. The molecule has 0 fully saturated rings. The highest BCUT2D eigenvalue weighted by atomic mass is 16.1. The minimum atomic E-state index is 0.0501. The fourth-order valence-electron chi connectivity index (χ4n) is 1.37. The average molecular weight is 224 g/mol. The van der Waals surface area contributed by atoms with Crippen molar-refractivity contribution >= 4 is 5.91 Å². The summed E-state index contributed by atoms with van der Waals surface area (Å²) in [7, 11) is 0. The normalized spacial score (nSPS) is 10.7. The first kappa shape index (κ1) is 12.7. The van der Waals surface area contributed by atoms with Crippen molar-refractivity contribution in [2.45, 2.75) is 32.9 Å². The fraction of sp³-hybridized carbons (Fsp3) is 0.636. The number of hydrogen-bond donors (Lipinski definition) is 2. The molecule has 1 amide bonds. The molecule has 90 valence electrons. The lowest BCUT2D eigenvalue weighted by atomic mass is 10.4. The maximum absolute atomic E-state index is 11.3. The van der Waals surface area contributed by atoms with Crippen molar-refractivity contribution < 1.29 is 4.79 Å². The second-order valence-electron chi connectivity index (χ2n) is 4.02. The number of nitrogens with one attached hydrogen (secondary N) is 2. The maximum Gasteiger partial charge on any atom is 0.234 e. The molecular formula is C11H20N4O. The third-order valence-corrected chi connectivity index (χ3v) is 2.04. The lowest BCUT2D eigenvalue weighted by Crippen LogP contribution is -2.38. The molecule has 0 atom stereocenters. The van der Waals surface area contributed by atoms with Crippen LogP contribution in [0.15, 0.2) is 18.5 Å². The highest BCUT2D eigenvalue weighted by molar-refractivity contribution is 5.78. The van der Waals surface area contributed by atoms with Gasteiger partial charge in [-0.15, -0.1) is 0 Å². The number of rotatable bonds is 7.